The summed E-state index contributed by atoms with van der Waals surface area (Å²) in [5, 5.41) is 3.49. The van der Waals surface area contributed by atoms with E-state index in [0.29, 0.717) is 5.02 Å². The van der Waals surface area contributed by atoms with E-state index < -0.39 is 28.5 Å². The third-order valence-electron chi connectivity index (χ3n) is 6.16. The smallest absolute Gasteiger partial charge is 0.244 e. The van der Waals surface area contributed by atoms with Gasteiger partial charge in [0.25, 0.3) is 0 Å². The van der Waals surface area contributed by atoms with Crippen molar-refractivity contribution < 1.29 is 18.0 Å². The minimum atomic E-state index is -3.87. The number of halogens is 2. The van der Waals surface area contributed by atoms with Crippen LogP contribution < -0.4 is 9.62 Å². The number of sulfonamides is 1. The van der Waals surface area contributed by atoms with Gasteiger partial charge in [0.2, 0.25) is 21.8 Å². The van der Waals surface area contributed by atoms with E-state index >= 15 is 0 Å². The fraction of sp³-hybridized carbons (Fsp3) is 0.440. The standard InChI is InChI=1S/C25H31Cl2N3O4S/c1-17-7-6-8-19(13-17)15-29(18(2)25(32)28-21-9-4-5-10-21)24(31)16-30(35(3,33)34)23-12-11-20(26)14-22(23)27/h6-8,11-14,18,21H,4-5,9-10,15-16H2,1-3H3,(H,28,32)/t18-/m1/s1. The van der Waals surface area contributed by atoms with Gasteiger partial charge in [-0.05, 0) is 50.5 Å². The Kier molecular flexibility index (Phi) is 9.07. The number of hydrogen-bond donors (Lipinski definition) is 1. The minimum Gasteiger partial charge on any atom is -0.352 e. The van der Waals surface area contributed by atoms with Crippen molar-refractivity contribution in [1.82, 2.24) is 10.2 Å². The van der Waals surface area contributed by atoms with Crippen molar-refractivity contribution >= 4 is 50.7 Å². The zero-order chi connectivity index (χ0) is 25.8. The Hall–Kier alpha value is -2.29. The van der Waals surface area contributed by atoms with Crippen LogP contribution in [-0.2, 0) is 26.2 Å². The number of carbonyl (C=O) groups is 2. The number of nitrogens with zero attached hydrogens (tertiary/aromatic N) is 2. The summed E-state index contributed by atoms with van der Waals surface area (Å²) >= 11 is 12.2. The van der Waals surface area contributed by atoms with Crippen molar-refractivity contribution in [3.63, 3.8) is 0 Å². The highest BCUT2D eigenvalue weighted by Crippen LogP contribution is 2.30. The van der Waals surface area contributed by atoms with Gasteiger partial charge in [-0.25, -0.2) is 8.42 Å². The maximum absolute atomic E-state index is 13.6. The lowest BCUT2D eigenvalue weighted by molar-refractivity contribution is -0.139. The van der Waals surface area contributed by atoms with Gasteiger partial charge in [-0.15, -0.1) is 0 Å². The molecule has 0 saturated heterocycles. The maximum atomic E-state index is 13.6. The average Bonchev–Trinajstić information content (AvgIpc) is 3.28. The summed E-state index contributed by atoms with van der Waals surface area (Å²) in [6, 6.07) is 11.3. The Morgan fingerprint density at radius 2 is 1.80 bits per heavy atom. The van der Waals surface area contributed by atoms with Crippen LogP contribution in [0.4, 0.5) is 5.69 Å². The van der Waals surface area contributed by atoms with Gasteiger partial charge in [0.05, 0.1) is 17.0 Å². The SMILES string of the molecule is Cc1cccc(CN(C(=O)CN(c2ccc(Cl)cc2Cl)S(C)(=O)=O)[C@H](C)C(=O)NC2CCCC2)c1. The molecule has 2 amide bonds. The van der Waals surface area contributed by atoms with E-state index in [9.17, 15) is 18.0 Å². The lowest BCUT2D eigenvalue weighted by atomic mass is 10.1. The first-order valence-corrected chi connectivity index (χ1v) is 14.1. The Morgan fingerprint density at radius 1 is 1.11 bits per heavy atom. The molecule has 0 spiro atoms. The summed E-state index contributed by atoms with van der Waals surface area (Å²) < 4.78 is 26.2. The zero-order valence-corrected chi connectivity index (χ0v) is 22.5. The summed E-state index contributed by atoms with van der Waals surface area (Å²) in [5.41, 5.74) is 2.00. The van der Waals surface area contributed by atoms with Crippen molar-refractivity contribution in [3.8, 4) is 0 Å². The monoisotopic (exact) mass is 539 g/mol. The molecule has 1 N–H and O–H groups in total. The third kappa shape index (κ3) is 7.35. The molecule has 0 heterocycles. The molecule has 35 heavy (non-hydrogen) atoms. The highest BCUT2D eigenvalue weighted by molar-refractivity contribution is 7.92. The first-order chi connectivity index (χ1) is 16.5. The number of carbonyl (C=O) groups excluding carboxylic acids is 2. The van der Waals surface area contributed by atoms with Crippen LogP contribution in [0.5, 0.6) is 0 Å². The molecule has 0 aromatic heterocycles. The van der Waals surface area contributed by atoms with Crippen molar-refractivity contribution in [2.24, 2.45) is 0 Å². The molecule has 0 radical (unpaired) electrons. The van der Waals surface area contributed by atoms with E-state index in [0.717, 1.165) is 47.4 Å². The predicted octanol–water partition coefficient (Wildman–Crippen LogP) is 4.54. The van der Waals surface area contributed by atoms with E-state index in [4.69, 9.17) is 23.2 Å². The topological polar surface area (TPSA) is 86.8 Å². The molecule has 2 aromatic rings. The second kappa shape index (κ2) is 11.6. The fourth-order valence-corrected chi connectivity index (χ4v) is 5.68. The van der Waals surface area contributed by atoms with Crippen molar-refractivity contribution in [2.45, 2.75) is 58.2 Å². The van der Waals surface area contributed by atoms with Crippen molar-refractivity contribution in [1.29, 1.82) is 0 Å². The number of rotatable bonds is 9. The van der Waals surface area contributed by atoms with E-state index in [1.165, 1.54) is 23.1 Å². The molecule has 0 unspecified atom stereocenters. The van der Waals surface area contributed by atoms with Crippen LogP contribution in [0.3, 0.4) is 0 Å². The Labute approximate surface area is 217 Å². The molecule has 1 fully saturated rings. The van der Waals surface area contributed by atoms with Crippen molar-refractivity contribution in [3.05, 3.63) is 63.6 Å². The summed E-state index contributed by atoms with van der Waals surface area (Å²) in [6.45, 7) is 3.26. The average molecular weight is 541 g/mol. The van der Waals surface area contributed by atoms with Gasteiger partial charge in [-0.1, -0.05) is 65.9 Å². The molecule has 1 aliphatic carbocycles. The van der Waals surface area contributed by atoms with Gasteiger partial charge in [0, 0.05) is 17.6 Å². The van der Waals surface area contributed by atoms with E-state index in [1.54, 1.807) is 6.92 Å². The van der Waals surface area contributed by atoms with E-state index in [-0.39, 0.29) is 29.2 Å². The lowest BCUT2D eigenvalue weighted by Gasteiger charge is -2.32. The third-order valence-corrected chi connectivity index (χ3v) is 7.83. The van der Waals surface area contributed by atoms with Crippen LogP contribution in [0, 0.1) is 6.92 Å². The van der Waals surface area contributed by atoms with Crippen LogP contribution in [0.1, 0.15) is 43.7 Å². The normalized spacial score (nSPS) is 15.0. The number of benzene rings is 2. The number of amides is 2. The molecule has 0 bridgehead atoms. The molecule has 3 rings (SSSR count). The van der Waals surface area contributed by atoms with Gasteiger partial charge < -0.3 is 10.2 Å². The van der Waals surface area contributed by atoms with Gasteiger partial charge >= 0.3 is 0 Å². The molecule has 10 heteroatoms. The van der Waals surface area contributed by atoms with Gasteiger partial charge in [-0.3, -0.25) is 13.9 Å². The Balaban J connectivity index is 1.90. The number of nitrogens with one attached hydrogen (secondary N) is 1. The van der Waals surface area contributed by atoms with E-state index in [1.807, 2.05) is 31.2 Å². The second-order valence-electron chi connectivity index (χ2n) is 9.04. The maximum Gasteiger partial charge on any atom is 0.244 e. The number of hydrogen-bond acceptors (Lipinski definition) is 4. The predicted molar refractivity (Wildman–Crippen MR) is 140 cm³/mol. The molecule has 1 saturated carbocycles. The molecule has 2 aromatic carbocycles. The summed E-state index contributed by atoms with van der Waals surface area (Å²) in [4.78, 5) is 28.1. The molecule has 1 aliphatic rings. The zero-order valence-electron chi connectivity index (χ0n) is 20.1. The number of aryl methyl sites for hydroxylation is 1. The highest BCUT2D eigenvalue weighted by Gasteiger charge is 2.32. The fourth-order valence-electron chi connectivity index (χ4n) is 4.26. The van der Waals surface area contributed by atoms with Crippen LogP contribution >= 0.6 is 23.2 Å². The largest absolute Gasteiger partial charge is 0.352 e. The van der Waals surface area contributed by atoms with Gasteiger partial charge in [-0.2, -0.15) is 0 Å². The van der Waals surface area contributed by atoms with Crippen molar-refractivity contribution in [2.75, 3.05) is 17.1 Å². The summed E-state index contributed by atoms with van der Waals surface area (Å²) in [6.07, 6.45) is 4.97. The Morgan fingerprint density at radius 3 is 2.40 bits per heavy atom. The molecular weight excluding hydrogens is 509 g/mol. The van der Waals surface area contributed by atoms with Crippen LogP contribution in [0.2, 0.25) is 10.0 Å². The lowest BCUT2D eigenvalue weighted by Crippen LogP contribution is -2.52. The number of anilines is 1. The summed E-state index contributed by atoms with van der Waals surface area (Å²) in [7, 11) is -3.87. The molecule has 7 nitrogen and oxygen atoms in total. The first-order valence-electron chi connectivity index (χ1n) is 11.5. The quantitative estimate of drug-likeness (QED) is 0.506. The molecule has 1 atom stereocenters. The van der Waals surface area contributed by atoms with Gasteiger partial charge in [0.1, 0.15) is 12.6 Å². The minimum absolute atomic E-state index is 0.0984. The van der Waals surface area contributed by atoms with Crippen LogP contribution in [0.15, 0.2) is 42.5 Å². The first kappa shape index (κ1) is 27.3. The van der Waals surface area contributed by atoms with Crippen LogP contribution in [-0.4, -0.2) is 50.0 Å². The second-order valence-corrected chi connectivity index (χ2v) is 11.8. The Bertz CT molecular complexity index is 1180. The summed E-state index contributed by atoms with van der Waals surface area (Å²) in [5.74, 6) is -0.773. The highest BCUT2D eigenvalue weighted by atomic mass is 35.5. The van der Waals surface area contributed by atoms with E-state index in [2.05, 4.69) is 5.32 Å². The molecule has 0 aliphatic heterocycles. The van der Waals surface area contributed by atoms with Crippen LogP contribution in [0.25, 0.3) is 0 Å². The molecule has 190 valence electrons. The molecular formula is C25H31Cl2N3O4S. The van der Waals surface area contributed by atoms with Gasteiger partial charge in [0.15, 0.2) is 0 Å².